The monoisotopic (exact) mass is 305 g/mol. The molecular weight excluding hydrogens is 302 g/mol. The van der Waals surface area contributed by atoms with Crippen molar-refractivity contribution in [3.63, 3.8) is 0 Å². The molecule has 6 heteroatoms. The Morgan fingerprint density at radius 3 is 2.92 bits per heavy atom. The molecule has 13 heavy (non-hydrogen) atoms. The van der Waals surface area contributed by atoms with E-state index >= 15 is 0 Å². The molecule has 0 aromatic carbocycles. The lowest BCUT2D eigenvalue weighted by molar-refractivity contribution is 0.938. The second-order valence-corrected chi connectivity index (χ2v) is 4.26. The van der Waals surface area contributed by atoms with Crippen molar-refractivity contribution in [3.05, 3.63) is 31.5 Å². The normalized spacial score (nSPS) is 11.0. The van der Waals surface area contributed by atoms with E-state index in [0.717, 1.165) is 4.60 Å². The number of fused-ring (bicyclic) bond motifs is 1. The molecule has 0 aliphatic carbocycles. The van der Waals surface area contributed by atoms with Gasteiger partial charge in [-0.05, 0) is 38.8 Å². The predicted octanol–water partition coefficient (Wildman–Crippen LogP) is 1.83. The number of aromatic amines is 1. The smallest absolute Gasteiger partial charge is 0.277 e. The lowest BCUT2D eigenvalue weighted by Crippen LogP contribution is -2.14. The second kappa shape index (κ2) is 2.95. The zero-order valence-corrected chi connectivity index (χ0v) is 9.81. The molecule has 0 saturated heterocycles. The minimum atomic E-state index is -0.0922. The van der Waals surface area contributed by atoms with Crippen LogP contribution in [0.2, 0.25) is 0 Å². The molecule has 2 aliphatic heterocycles. The maximum Gasteiger partial charge on any atom is 0.277 e. The Balaban J connectivity index is 2.93. The molecule has 0 bridgehead atoms. The van der Waals surface area contributed by atoms with Gasteiger partial charge in [-0.3, -0.25) is 9.36 Å². The molecule has 4 nitrogen and oxygen atoms in total. The summed E-state index contributed by atoms with van der Waals surface area (Å²) in [5.41, 5.74) is 0.401. The van der Waals surface area contributed by atoms with E-state index in [1.54, 1.807) is 13.1 Å². The van der Waals surface area contributed by atoms with Crippen LogP contribution in [0, 0.1) is 6.92 Å². The van der Waals surface area contributed by atoms with Gasteiger partial charge in [-0.15, -0.1) is 0 Å². The van der Waals surface area contributed by atoms with E-state index in [2.05, 4.69) is 41.8 Å². The fourth-order valence-electron chi connectivity index (χ4n) is 1.11. The van der Waals surface area contributed by atoms with Crippen LogP contribution in [0.5, 0.6) is 0 Å². The number of aryl methyl sites for hydroxylation is 1. The highest BCUT2D eigenvalue weighted by molar-refractivity contribution is 9.11. The van der Waals surface area contributed by atoms with Crippen LogP contribution in [0.15, 0.2) is 20.2 Å². The zero-order valence-electron chi connectivity index (χ0n) is 6.64. The third kappa shape index (κ3) is 1.34. The molecule has 0 aromatic rings. The Bertz CT molecular complexity index is 487. The number of hydrogen-bond acceptors (Lipinski definition) is 2. The lowest BCUT2D eigenvalue weighted by atomic mass is 10.5. The number of halogens is 2. The van der Waals surface area contributed by atoms with Gasteiger partial charge in [-0.25, -0.2) is 4.98 Å². The van der Waals surface area contributed by atoms with Crippen LogP contribution in [0.4, 0.5) is 0 Å². The largest absolute Gasteiger partial charge is 0.340 e. The average Bonchev–Trinajstić information content (AvgIpc) is 2.32. The molecule has 0 atom stereocenters. The molecule has 0 fully saturated rings. The number of imidazole rings is 1. The van der Waals surface area contributed by atoms with E-state index in [1.807, 2.05) is 0 Å². The van der Waals surface area contributed by atoms with Crippen LogP contribution in [0.1, 0.15) is 5.69 Å². The number of hydrogen-bond donors (Lipinski definition) is 1. The molecule has 0 unspecified atom stereocenters. The van der Waals surface area contributed by atoms with Crippen molar-refractivity contribution >= 4 is 31.9 Å². The SMILES string of the molecule is Cc1nc2c(Br)[nH]c(Br)cn-2c1=O. The maximum absolute atomic E-state index is 11.5. The fourth-order valence-corrected chi connectivity index (χ4v) is 2.27. The van der Waals surface area contributed by atoms with Crippen molar-refractivity contribution in [2.45, 2.75) is 6.92 Å². The van der Waals surface area contributed by atoms with E-state index in [4.69, 9.17) is 0 Å². The van der Waals surface area contributed by atoms with E-state index in [0.29, 0.717) is 16.1 Å². The predicted molar refractivity (Wildman–Crippen MR) is 55.5 cm³/mol. The summed E-state index contributed by atoms with van der Waals surface area (Å²) >= 11 is 6.54. The number of nitrogens with one attached hydrogen (secondary N) is 1. The lowest BCUT2D eigenvalue weighted by Gasteiger charge is -2.03. The standard InChI is InChI=1S/C7H5Br2N3O/c1-3-7(13)12-2-4(8)11-5(9)6(12)10-3/h2,11H,1H3. The molecule has 0 aromatic heterocycles. The maximum atomic E-state index is 11.5. The van der Waals surface area contributed by atoms with Crippen LogP contribution in [0.25, 0.3) is 5.82 Å². The van der Waals surface area contributed by atoms with Gasteiger partial charge >= 0.3 is 0 Å². The molecule has 0 radical (unpaired) electrons. The molecule has 0 saturated carbocycles. The molecule has 2 rings (SSSR count). The van der Waals surface area contributed by atoms with E-state index in [-0.39, 0.29) is 5.56 Å². The minimum absolute atomic E-state index is 0.0922. The first kappa shape index (κ1) is 8.96. The Morgan fingerprint density at radius 1 is 1.54 bits per heavy atom. The van der Waals surface area contributed by atoms with E-state index < -0.39 is 0 Å². The summed E-state index contributed by atoms with van der Waals surface area (Å²) in [7, 11) is 0. The van der Waals surface area contributed by atoms with Gasteiger partial charge in [-0.1, -0.05) is 0 Å². The first-order valence-electron chi connectivity index (χ1n) is 3.52. The highest BCUT2D eigenvalue weighted by Gasteiger charge is 2.14. The van der Waals surface area contributed by atoms with Gasteiger partial charge in [0.2, 0.25) is 0 Å². The number of nitrogens with zero attached hydrogens (tertiary/aromatic N) is 2. The summed E-state index contributed by atoms with van der Waals surface area (Å²) in [5, 5.41) is 0. The summed E-state index contributed by atoms with van der Waals surface area (Å²) < 4.78 is 2.90. The fraction of sp³-hybridized carbons (Fsp3) is 0.143. The van der Waals surface area contributed by atoms with Crippen LogP contribution in [-0.2, 0) is 0 Å². The van der Waals surface area contributed by atoms with Crippen molar-refractivity contribution in [2.75, 3.05) is 0 Å². The quantitative estimate of drug-likeness (QED) is 0.807. The van der Waals surface area contributed by atoms with Crippen molar-refractivity contribution in [1.82, 2.24) is 14.5 Å². The first-order chi connectivity index (χ1) is 6.09. The van der Waals surface area contributed by atoms with Crippen LogP contribution in [0.3, 0.4) is 0 Å². The van der Waals surface area contributed by atoms with Crippen LogP contribution < -0.4 is 5.56 Å². The minimum Gasteiger partial charge on any atom is -0.340 e. The van der Waals surface area contributed by atoms with Crippen LogP contribution >= 0.6 is 31.9 Å². The topological polar surface area (TPSA) is 50.7 Å². The summed E-state index contributed by atoms with van der Waals surface area (Å²) in [5.74, 6) is 0.603. The number of H-pyrrole nitrogens is 1. The van der Waals surface area contributed by atoms with Gasteiger partial charge in [0.15, 0.2) is 5.82 Å². The van der Waals surface area contributed by atoms with Crippen molar-refractivity contribution in [2.24, 2.45) is 0 Å². The van der Waals surface area contributed by atoms with Crippen LogP contribution in [-0.4, -0.2) is 14.5 Å². The van der Waals surface area contributed by atoms with Gasteiger partial charge in [0.1, 0.15) is 10.3 Å². The van der Waals surface area contributed by atoms with E-state index in [9.17, 15) is 4.79 Å². The molecule has 2 aliphatic rings. The number of rotatable bonds is 0. The molecule has 1 N–H and O–H groups in total. The Labute approximate surface area is 90.6 Å². The van der Waals surface area contributed by atoms with Gasteiger partial charge in [0, 0.05) is 6.20 Å². The second-order valence-electron chi connectivity index (χ2n) is 2.61. The Kier molecular flexibility index (Phi) is 2.03. The summed E-state index contributed by atoms with van der Waals surface area (Å²) in [6, 6.07) is 0. The highest BCUT2D eigenvalue weighted by Crippen LogP contribution is 2.20. The summed E-state index contributed by atoms with van der Waals surface area (Å²) in [4.78, 5) is 18.5. The zero-order chi connectivity index (χ0) is 9.59. The van der Waals surface area contributed by atoms with Gasteiger partial charge < -0.3 is 4.98 Å². The molecule has 68 valence electrons. The van der Waals surface area contributed by atoms with Gasteiger partial charge in [0.25, 0.3) is 5.56 Å². The van der Waals surface area contributed by atoms with Gasteiger partial charge in [0.05, 0.1) is 4.60 Å². The average molecular weight is 307 g/mol. The van der Waals surface area contributed by atoms with Gasteiger partial charge in [-0.2, -0.15) is 0 Å². The molecule has 0 amide bonds. The highest BCUT2D eigenvalue weighted by atomic mass is 79.9. The Hall–Kier alpha value is -0.620. The van der Waals surface area contributed by atoms with Crippen molar-refractivity contribution < 1.29 is 0 Å². The molecule has 2 heterocycles. The van der Waals surface area contributed by atoms with E-state index in [1.165, 1.54) is 4.57 Å². The molecule has 0 spiro atoms. The number of aromatic nitrogens is 3. The summed E-state index contributed by atoms with van der Waals surface area (Å²) in [6.07, 6.45) is 1.66. The summed E-state index contributed by atoms with van der Waals surface area (Å²) in [6.45, 7) is 1.69. The third-order valence-electron chi connectivity index (χ3n) is 1.70. The Morgan fingerprint density at radius 2 is 2.23 bits per heavy atom. The third-order valence-corrected chi connectivity index (χ3v) is 2.65. The van der Waals surface area contributed by atoms with Crippen molar-refractivity contribution in [1.29, 1.82) is 0 Å². The molecular formula is C7H5Br2N3O. The first-order valence-corrected chi connectivity index (χ1v) is 5.11. The van der Waals surface area contributed by atoms with Crippen molar-refractivity contribution in [3.8, 4) is 5.82 Å².